The van der Waals surface area contributed by atoms with Crippen molar-refractivity contribution >= 4 is 17.6 Å². The minimum atomic E-state index is -4.63. The van der Waals surface area contributed by atoms with E-state index < -0.39 is 59.4 Å². The third-order valence-electron chi connectivity index (χ3n) is 8.00. The average Bonchev–Trinajstić information content (AvgIpc) is 2.99. The van der Waals surface area contributed by atoms with Crippen LogP contribution in [0.4, 0.5) is 23.2 Å². The monoisotopic (exact) mass is 634 g/mol. The van der Waals surface area contributed by atoms with Gasteiger partial charge in [-0.15, -0.1) is 0 Å². The Morgan fingerprint density at radius 2 is 1.80 bits per heavy atom. The lowest BCUT2D eigenvalue weighted by molar-refractivity contribution is -0.167. The van der Waals surface area contributed by atoms with Crippen LogP contribution in [0.1, 0.15) is 32.7 Å². The van der Waals surface area contributed by atoms with E-state index in [4.69, 9.17) is 9.47 Å². The van der Waals surface area contributed by atoms with Crippen LogP contribution in [0, 0.1) is 12.7 Å². The van der Waals surface area contributed by atoms with E-state index in [-0.39, 0.29) is 43.1 Å². The molecule has 1 saturated heterocycles. The van der Waals surface area contributed by atoms with Gasteiger partial charge in [0.05, 0.1) is 43.4 Å². The molecule has 1 unspecified atom stereocenters. The number of fused-ring (bicyclic) bond motifs is 1. The molecule has 2 aliphatic rings. The number of aliphatic carboxylic acids is 1. The van der Waals surface area contributed by atoms with Crippen LogP contribution >= 0.6 is 0 Å². The highest BCUT2D eigenvalue weighted by Crippen LogP contribution is 2.33. The first-order chi connectivity index (χ1) is 21.3. The van der Waals surface area contributed by atoms with Crippen LogP contribution in [0.25, 0.3) is 5.69 Å². The summed E-state index contributed by atoms with van der Waals surface area (Å²) in [4.78, 5) is 52.1. The topological polar surface area (TPSA) is 132 Å². The number of carboxylic acid groups (broad SMARTS) is 1. The van der Waals surface area contributed by atoms with Gasteiger partial charge in [0.25, 0.3) is 11.5 Å². The van der Waals surface area contributed by atoms with E-state index >= 15 is 4.39 Å². The van der Waals surface area contributed by atoms with Gasteiger partial charge in [0, 0.05) is 37.7 Å². The molecule has 45 heavy (non-hydrogen) atoms. The normalized spacial score (nSPS) is 17.5. The standard InChI is InChI=1S/C30H30F4N4O7/c1-16-11-19(37-8-10-45-15-24(37)30(32,33)34)13-21(31)25(16)26(39)35-22(28(41)42)12-17-3-5-18(6-4-17)38-27(40)20-7-9-44-14-23(20)36(2)29(38)43/h3-6,11,13,22,24H,7-10,12,14-15H2,1-2H3,(H,35,39)(H,41,42)/t22?,24-/m1/s1. The largest absolute Gasteiger partial charge is 0.480 e. The number of benzene rings is 2. The summed E-state index contributed by atoms with van der Waals surface area (Å²) in [5, 5.41) is 12.1. The molecule has 2 atom stereocenters. The molecule has 11 nitrogen and oxygen atoms in total. The number of rotatable bonds is 7. The zero-order valence-electron chi connectivity index (χ0n) is 24.3. The van der Waals surface area contributed by atoms with Crippen molar-refractivity contribution in [2.45, 2.75) is 44.6 Å². The molecule has 5 rings (SSSR count). The number of hydrogen-bond acceptors (Lipinski definition) is 7. The van der Waals surface area contributed by atoms with E-state index in [1.54, 1.807) is 7.05 Å². The lowest BCUT2D eigenvalue weighted by atomic mass is 10.0. The lowest BCUT2D eigenvalue weighted by Gasteiger charge is -2.38. The predicted octanol–water partition coefficient (Wildman–Crippen LogP) is 2.25. The van der Waals surface area contributed by atoms with Gasteiger partial charge in [0.1, 0.15) is 17.9 Å². The Bertz CT molecular complexity index is 1730. The number of halogens is 4. The van der Waals surface area contributed by atoms with E-state index in [0.29, 0.717) is 29.8 Å². The molecule has 3 aromatic rings. The number of anilines is 1. The Morgan fingerprint density at radius 3 is 2.44 bits per heavy atom. The predicted molar refractivity (Wildman–Crippen MR) is 152 cm³/mol. The van der Waals surface area contributed by atoms with Gasteiger partial charge < -0.3 is 24.8 Å². The van der Waals surface area contributed by atoms with Crippen molar-refractivity contribution in [1.82, 2.24) is 14.5 Å². The van der Waals surface area contributed by atoms with Crippen LogP contribution in [0.5, 0.6) is 0 Å². The molecule has 2 N–H and O–H groups in total. The van der Waals surface area contributed by atoms with E-state index in [1.807, 2.05) is 0 Å². The minimum Gasteiger partial charge on any atom is -0.480 e. The number of nitrogens with one attached hydrogen (secondary N) is 1. The van der Waals surface area contributed by atoms with Gasteiger partial charge in [-0.2, -0.15) is 13.2 Å². The number of aryl methyl sites for hydroxylation is 1. The van der Waals surface area contributed by atoms with Gasteiger partial charge >= 0.3 is 17.8 Å². The summed E-state index contributed by atoms with van der Waals surface area (Å²) in [5.41, 5.74) is 0.0878. The van der Waals surface area contributed by atoms with Crippen LogP contribution < -0.4 is 21.5 Å². The van der Waals surface area contributed by atoms with Crippen LogP contribution in [0.2, 0.25) is 0 Å². The fourth-order valence-electron chi connectivity index (χ4n) is 5.63. The SMILES string of the molecule is Cc1cc(N2CCOC[C@@H]2C(F)(F)F)cc(F)c1C(=O)NC(Cc1ccc(-n2c(=O)c3c(n(C)c2=O)COCC3)cc1)C(=O)O. The summed E-state index contributed by atoms with van der Waals surface area (Å²) in [6.45, 7) is 1.09. The summed E-state index contributed by atoms with van der Waals surface area (Å²) in [7, 11) is 1.54. The number of hydrogen-bond donors (Lipinski definition) is 2. The molecular weight excluding hydrogens is 604 g/mol. The maximum Gasteiger partial charge on any atom is 0.411 e. The fourth-order valence-corrected chi connectivity index (χ4v) is 5.63. The molecule has 0 spiro atoms. The second-order valence-electron chi connectivity index (χ2n) is 10.9. The van der Waals surface area contributed by atoms with Crippen molar-refractivity contribution in [3.63, 3.8) is 0 Å². The Labute approximate surface area is 253 Å². The van der Waals surface area contributed by atoms with Gasteiger partial charge in [0.15, 0.2) is 0 Å². The number of amides is 1. The Balaban J connectivity index is 1.35. The quantitative estimate of drug-likeness (QED) is 0.379. The van der Waals surface area contributed by atoms with E-state index in [9.17, 15) is 37.5 Å². The van der Waals surface area contributed by atoms with Crippen molar-refractivity contribution < 1.29 is 41.7 Å². The summed E-state index contributed by atoms with van der Waals surface area (Å²) in [6.07, 6.45) is -4.51. The minimum absolute atomic E-state index is 0.00684. The summed E-state index contributed by atoms with van der Waals surface area (Å²) >= 11 is 0. The van der Waals surface area contributed by atoms with Gasteiger partial charge in [0.2, 0.25) is 0 Å². The first kappa shape index (κ1) is 31.9. The second-order valence-corrected chi connectivity index (χ2v) is 10.9. The molecule has 3 heterocycles. The van der Waals surface area contributed by atoms with Gasteiger partial charge in [-0.1, -0.05) is 12.1 Å². The first-order valence-electron chi connectivity index (χ1n) is 14.0. The number of nitrogens with zero attached hydrogens (tertiary/aromatic N) is 3. The van der Waals surface area contributed by atoms with Crippen LogP contribution in [-0.4, -0.2) is 70.7 Å². The highest BCUT2D eigenvalue weighted by molar-refractivity contribution is 5.98. The average molecular weight is 635 g/mol. The molecule has 2 aliphatic heterocycles. The van der Waals surface area contributed by atoms with Crippen LogP contribution in [0.3, 0.4) is 0 Å². The van der Waals surface area contributed by atoms with E-state index in [1.165, 1.54) is 41.8 Å². The van der Waals surface area contributed by atoms with Gasteiger partial charge in [-0.25, -0.2) is 18.5 Å². The highest BCUT2D eigenvalue weighted by Gasteiger charge is 2.45. The van der Waals surface area contributed by atoms with E-state index in [2.05, 4.69) is 5.32 Å². The molecule has 0 aliphatic carbocycles. The van der Waals surface area contributed by atoms with E-state index in [0.717, 1.165) is 15.5 Å². The zero-order chi connectivity index (χ0) is 32.6. The van der Waals surface area contributed by atoms with Gasteiger partial charge in [-0.05, 0) is 42.3 Å². The van der Waals surface area contributed by atoms with Crippen molar-refractivity contribution in [3.8, 4) is 5.69 Å². The smallest absolute Gasteiger partial charge is 0.411 e. The summed E-state index contributed by atoms with van der Waals surface area (Å²) in [6, 6.07) is 4.54. The molecule has 240 valence electrons. The second kappa shape index (κ2) is 12.5. The molecule has 1 aromatic heterocycles. The number of morpholine rings is 1. The number of carboxylic acids is 1. The molecule has 0 bridgehead atoms. The number of carbonyl (C=O) groups is 2. The third kappa shape index (κ3) is 6.35. The Hall–Kier alpha value is -4.50. The number of carbonyl (C=O) groups excluding carboxylic acids is 1. The summed E-state index contributed by atoms with van der Waals surface area (Å²) in [5.74, 6) is -3.57. The zero-order valence-corrected chi connectivity index (χ0v) is 24.3. The molecule has 1 amide bonds. The third-order valence-corrected chi connectivity index (χ3v) is 8.00. The fraction of sp³-hybridized carbons (Fsp3) is 0.400. The van der Waals surface area contributed by atoms with Crippen molar-refractivity contribution in [2.75, 3.05) is 31.3 Å². The Kier molecular flexibility index (Phi) is 8.85. The number of alkyl halides is 3. The molecular formula is C30H30F4N4O7. The Morgan fingerprint density at radius 1 is 1.09 bits per heavy atom. The first-order valence-corrected chi connectivity index (χ1v) is 14.0. The number of ether oxygens (including phenoxy) is 2. The van der Waals surface area contributed by atoms with Crippen molar-refractivity contribution in [2.24, 2.45) is 7.05 Å². The van der Waals surface area contributed by atoms with Crippen molar-refractivity contribution in [3.05, 3.63) is 91.0 Å². The molecule has 0 saturated carbocycles. The van der Waals surface area contributed by atoms with Crippen LogP contribution in [-0.2, 0) is 40.8 Å². The van der Waals surface area contributed by atoms with Gasteiger partial charge in [-0.3, -0.25) is 14.2 Å². The summed E-state index contributed by atoms with van der Waals surface area (Å²) < 4.78 is 68.5. The van der Waals surface area contributed by atoms with Crippen LogP contribution in [0.15, 0.2) is 46.0 Å². The molecule has 0 radical (unpaired) electrons. The van der Waals surface area contributed by atoms with Crippen molar-refractivity contribution in [1.29, 1.82) is 0 Å². The lowest BCUT2D eigenvalue weighted by Crippen LogP contribution is -2.53. The number of aromatic nitrogens is 2. The molecule has 15 heteroatoms. The highest BCUT2D eigenvalue weighted by atomic mass is 19.4. The maximum absolute atomic E-state index is 15.2. The maximum atomic E-state index is 15.2. The molecule has 1 fully saturated rings. The molecule has 2 aromatic carbocycles.